The zero-order chi connectivity index (χ0) is 23.8. The fourth-order valence-electron chi connectivity index (χ4n) is 3.87. The first kappa shape index (κ1) is 24.3. The Labute approximate surface area is 196 Å². The van der Waals surface area contributed by atoms with E-state index in [4.69, 9.17) is 9.47 Å². The van der Waals surface area contributed by atoms with Crippen molar-refractivity contribution < 1.29 is 19.1 Å². The zero-order valence-electron chi connectivity index (χ0n) is 19.8. The van der Waals surface area contributed by atoms with Gasteiger partial charge in [0.15, 0.2) is 0 Å². The van der Waals surface area contributed by atoms with Crippen molar-refractivity contribution in [2.24, 2.45) is 0 Å². The van der Waals surface area contributed by atoms with E-state index in [-0.39, 0.29) is 12.4 Å². The van der Waals surface area contributed by atoms with Crippen LogP contribution in [0.3, 0.4) is 0 Å². The summed E-state index contributed by atoms with van der Waals surface area (Å²) in [5.74, 6) is -0.262. The predicted molar refractivity (Wildman–Crippen MR) is 133 cm³/mol. The predicted octanol–water partition coefficient (Wildman–Crippen LogP) is 6.28. The monoisotopic (exact) mass is 447 g/mol. The summed E-state index contributed by atoms with van der Waals surface area (Å²) < 4.78 is 10.9. The molecule has 0 spiro atoms. The Morgan fingerprint density at radius 3 is 2.18 bits per heavy atom. The van der Waals surface area contributed by atoms with Gasteiger partial charge in [0.05, 0.1) is 6.61 Å². The standard InChI is InChI=1S/C28H33NO4/c1-5-17-29(27(31)33-28(2,3)4)18-10-15-26(30)32-19-16-25-23-13-8-6-11-21(23)20-22-12-7-9-14-24(22)25/h5-9,11-14,20H,1,10,15-19H2,2-4H3. The van der Waals surface area contributed by atoms with E-state index in [0.717, 1.165) is 0 Å². The van der Waals surface area contributed by atoms with E-state index < -0.39 is 11.7 Å². The Bertz CT molecular complexity index is 1080. The fourth-order valence-corrected chi connectivity index (χ4v) is 3.87. The summed E-state index contributed by atoms with van der Waals surface area (Å²) in [4.78, 5) is 26.2. The van der Waals surface area contributed by atoms with Crippen LogP contribution in [0.4, 0.5) is 4.79 Å². The Morgan fingerprint density at radius 2 is 1.61 bits per heavy atom. The van der Waals surface area contributed by atoms with Gasteiger partial charge in [0.1, 0.15) is 5.60 Å². The topological polar surface area (TPSA) is 55.8 Å². The first-order valence-electron chi connectivity index (χ1n) is 11.4. The molecule has 0 atom stereocenters. The molecule has 0 heterocycles. The lowest BCUT2D eigenvalue weighted by molar-refractivity contribution is -0.143. The maximum atomic E-state index is 12.3. The second kappa shape index (κ2) is 11.0. The normalized spacial score (nSPS) is 11.4. The largest absolute Gasteiger partial charge is 0.465 e. The molecule has 0 saturated heterocycles. The molecule has 5 heteroatoms. The number of hydrogen-bond donors (Lipinski definition) is 0. The van der Waals surface area contributed by atoms with Crippen molar-refractivity contribution in [1.29, 1.82) is 0 Å². The maximum absolute atomic E-state index is 12.3. The van der Waals surface area contributed by atoms with E-state index >= 15 is 0 Å². The van der Waals surface area contributed by atoms with Gasteiger partial charge in [0.2, 0.25) is 0 Å². The average Bonchev–Trinajstić information content (AvgIpc) is 2.77. The number of ether oxygens (including phenoxy) is 2. The van der Waals surface area contributed by atoms with Gasteiger partial charge in [-0.2, -0.15) is 0 Å². The van der Waals surface area contributed by atoms with Crippen molar-refractivity contribution in [3.05, 3.63) is 72.8 Å². The van der Waals surface area contributed by atoms with Crippen LogP contribution in [-0.2, 0) is 20.7 Å². The van der Waals surface area contributed by atoms with Crippen LogP contribution in [0.5, 0.6) is 0 Å². The molecule has 1 amide bonds. The lowest BCUT2D eigenvalue weighted by Crippen LogP contribution is -2.37. The average molecular weight is 448 g/mol. The summed E-state index contributed by atoms with van der Waals surface area (Å²) in [6.07, 6.45) is 2.64. The van der Waals surface area contributed by atoms with E-state index in [1.54, 1.807) is 11.0 Å². The third-order valence-electron chi connectivity index (χ3n) is 5.31. The highest BCUT2D eigenvalue weighted by Gasteiger charge is 2.21. The Balaban J connectivity index is 1.55. The summed E-state index contributed by atoms with van der Waals surface area (Å²) in [6, 6.07) is 18.8. The molecule has 0 bridgehead atoms. The molecule has 0 aliphatic heterocycles. The second-order valence-electron chi connectivity index (χ2n) is 9.09. The SMILES string of the molecule is C=CCN(CCCC(=O)OCCc1c2ccccc2cc2ccccc12)C(=O)OC(C)(C)C. The molecular weight excluding hydrogens is 414 g/mol. The molecule has 3 aromatic rings. The molecule has 0 aliphatic rings. The molecule has 0 fully saturated rings. The number of rotatable bonds is 9. The van der Waals surface area contributed by atoms with Gasteiger partial charge in [0, 0.05) is 25.9 Å². The van der Waals surface area contributed by atoms with Crippen LogP contribution in [0.15, 0.2) is 67.3 Å². The second-order valence-corrected chi connectivity index (χ2v) is 9.09. The highest BCUT2D eigenvalue weighted by atomic mass is 16.6. The third kappa shape index (κ3) is 6.82. The minimum atomic E-state index is -0.568. The van der Waals surface area contributed by atoms with Crippen molar-refractivity contribution in [2.75, 3.05) is 19.7 Å². The number of fused-ring (bicyclic) bond motifs is 2. The van der Waals surface area contributed by atoms with Crippen molar-refractivity contribution >= 4 is 33.6 Å². The third-order valence-corrected chi connectivity index (χ3v) is 5.31. The summed E-state index contributed by atoms with van der Waals surface area (Å²) in [7, 11) is 0. The fraction of sp³-hybridized carbons (Fsp3) is 0.357. The number of carbonyl (C=O) groups excluding carboxylic acids is 2. The Kier molecular flexibility index (Phi) is 8.10. The van der Waals surface area contributed by atoms with Crippen LogP contribution in [-0.4, -0.2) is 42.3 Å². The number of amides is 1. The van der Waals surface area contributed by atoms with E-state index in [2.05, 4.69) is 36.9 Å². The van der Waals surface area contributed by atoms with Crippen LogP contribution in [0.1, 0.15) is 39.2 Å². The molecule has 174 valence electrons. The minimum absolute atomic E-state index is 0.243. The number of esters is 1. The van der Waals surface area contributed by atoms with Crippen LogP contribution in [0.2, 0.25) is 0 Å². The molecule has 0 aromatic heterocycles. The van der Waals surface area contributed by atoms with Gasteiger partial charge in [-0.3, -0.25) is 4.79 Å². The summed E-state index contributed by atoms with van der Waals surface area (Å²) in [5.41, 5.74) is 0.625. The van der Waals surface area contributed by atoms with E-state index in [1.807, 2.05) is 45.0 Å². The smallest absolute Gasteiger partial charge is 0.410 e. The number of benzene rings is 3. The molecule has 3 aromatic carbocycles. The molecule has 3 rings (SSSR count). The quantitative estimate of drug-likeness (QED) is 0.220. The lowest BCUT2D eigenvalue weighted by atomic mass is 9.95. The van der Waals surface area contributed by atoms with Gasteiger partial charge < -0.3 is 14.4 Å². The molecule has 0 N–H and O–H groups in total. The zero-order valence-corrected chi connectivity index (χ0v) is 19.8. The number of carbonyl (C=O) groups is 2. The van der Waals surface area contributed by atoms with Crippen LogP contribution < -0.4 is 0 Å². The Hall–Kier alpha value is -3.34. The molecule has 33 heavy (non-hydrogen) atoms. The van der Waals surface area contributed by atoms with Gasteiger partial charge in [-0.05, 0) is 60.4 Å². The highest BCUT2D eigenvalue weighted by Crippen LogP contribution is 2.28. The number of hydrogen-bond acceptors (Lipinski definition) is 4. The van der Waals surface area contributed by atoms with E-state index in [0.29, 0.717) is 32.5 Å². The lowest BCUT2D eigenvalue weighted by Gasteiger charge is -2.26. The van der Waals surface area contributed by atoms with Crippen molar-refractivity contribution in [1.82, 2.24) is 4.90 Å². The molecule has 0 aliphatic carbocycles. The highest BCUT2D eigenvalue weighted by molar-refractivity contribution is 6.02. The van der Waals surface area contributed by atoms with Crippen LogP contribution >= 0.6 is 0 Å². The molecule has 5 nitrogen and oxygen atoms in total. The summed E-state index contributed by atoms with van der Waals surface area (Å²) >= 11 is 0. The van der Waals surface area contributed by atoms with Gasteiger partial charge in [0.25, 0.3) is 0 Å². The van der Waals surface area contributed by atoms with Crippen LogP contribution in [0.25, 0.3) is 21.5 Å². The molecule has 0 unspecified atom stereocenters. The maximum Gasteiger partial charge on any atom is 0.410 e. The van der Waals surface area contributed by atoms with Gasteiger partial charge in [-0.15, -0.1) is 6.58 Å². The van der Waals surface area contributed by atoms with Crippen molar-refractivity contribution in [2.45, 2.75) is 45.6 Å². The van der Waals surface area contributed by atoms with E-state index in [1.165, 1.54) is 27.1 Å². The van der Waals surface area contributed by atoms with Crippen LogP contribution in [0, 0.1) is 0 Å². The van der Waals surface area contributed by atoms with Gasteiger partial charge >= 0.3 is 12.1 Å². The first-order valence-corrected chi connectivity index (χ1v) is 11.4. The van der Waals surface area contributed by atoms with Crippen molar-refractivity contribution in [3.8, 4) is 0 Å². The van der Waals surface area contributed by atoms with Gasteiger partial charge in [-0.1, -0.05) is 54.6 Å². The summed E-state index contributed by atoms with van der Waals surface area (Å²) in [6.45, 7) is 10.3. The first-order chi connectivity index (χ1) is 15.8. The van der Waals surface area contributed by atoms with Gasteiger partial charge in [-0.25, -0.2) is 4.79 Å². The van der Waals surface area contributed by atoms with E-state index in [9.17, 15) is 9.59 Å². The Morgan fingerprint density at radius 1 is 1.00 bits per heavy atom. The summed E-state index contributed by atoms with van der Waals surface area (Å²) in [5, 5.41) is 4.73. The molecule has 0 saturated carbocycles. The number of nitrogens with zero attached hydrogens (tertiary/aromatic N) is 1. The molecular formula is C28H33NO4. The van der Waals surface area contributed by atoms with Crippen molar-refractivity contribution in [3.63, 3.8) is 0 Å². The minimum Gasteiger partial charge on any atom is -0.465 e. The molecule has 0 radical (unpaired) electrons.